The number of hydrogen-bond acceptors (Lipinski definition) is 1. The minimum atomic E-state index is 0.586. The molecule has 1 aliphatic rings. The summed E-state index contributed by atoms with van der Waals surface area (Å²) >= 11 is 0. The van der Waals surface area contributed by atoms with Crippen LogP contribution in [0.4, 0.5) is 0 Å². The Bertz CT molecular complexity index is 157. The molecule has 0 aromatic rings. The van der Waals surface area contributed by atoms with Crippen LogP contribution in [-0.2, 0) is 0 Å². The van der Waals surface area contributed by atoms with E-state index in [1.807, 2.05) is 0 Å². The number of nitrogens with one attached hydrogen (secondary N) is 1. The molecular formula is C12H23N. The van der Waals surface area contributed by atoms with Crippen molar-refractivity contribution in [3.05, 3.63) is 12.2 Å². The van der Waals surface area contributed by atoms with E-state index in [1.54, 1.807) is 0 Å². The summed E-state index contributed by atoms with van der Waals surface area (Å²) in [5.74, 6) is 0.865. The fraction of sp³-hybridized carbons (Fsp3) is 0.833. The molecule has 0 amide bonds. The molecule has 13 heavy (non-hydrogen) atoms. The summed E-state index contributed by atoms with van der Waals surface area (Å²) in [6.45, 7) is 9.60. The molecule has 1 N–H and O–H groups in total. The van der Waals surface area contributed by atoms with Gasteiger partial charge in [0.15, 0.2) is 0 Å². The Labute approximate surface area is 82.6 Å². The third-order valence-electron chi connectivity index (χ3n) is 3.02. The van der Waals surface area contributed by atoms with Gasteiger partial charge in [-0.05, 0) is 38.6 Å². The Morgan fingerprint density at radius 1 is 1.46 bits per heavy atom. The van der Waals surface area contributed by atoms with Crippen LogP contribution < -0.4 is 5.32 Å². The lowest BCUT2D eigenvalue weighted by atomic mass is 9.93. The maximum absolute atomic E-state index is 4.09. The van der Waals surface area contributed by atoms with Crippen LogP contribution >= 0.6 is 0 Å². The van der Waals surface area contributed by atoms with Gasteiger partial charge in [-0.3, -0.25) is 0 Å². The second-order valence-corrected chi connectivity index (χ2v) is 4.32. The van der Waals surface area contributed by atoms with E-state index in [0.29, 0.717) is 6.04 Å². The van der Waals surface area contributed by atoms with E-state index in [-0.39, 0.29) is 0 Å². The second-order valence-electron chi connectivity index (χ2n) is 4.32. The minimum Gasteiger partial charge on any atom is -0.310 e. The van der Waals surface area contributed by atoms with Crippen LogP contribution in [0.5, 0.6) is 0 Å². The van der Waals surface area contributed by atoms with Gasteiger partial charge in [0, 0.05) is 6.04 Å². The highest BCUT2D eigenvalue weighted by Crippen LogP contribution is 2.30. The maximum Gasteiger partial charge on any atom is 0.0302 e. The zero-order chi connectivity index (χ0) is 9.68. The Morgan fingerprint density at radius 3 is 2.54 bits per heavy atom. The van der Waals surface area contributed by atoms with Crippen molar-refractivity contribution in [1.29, 1.82) is 0 Å². The molecule has 0 heterocycles. The normalized spacial score (nSPS) is 20.5. The van der Waals surface area contributed by atoms with Crippen molar-refractivity contribution in [2.45, 2.75) is 52.0 Å². The molecule has 0 aromatic heterocycles. The molecule has 0 spiro atoms. The lowest BCUT2D eigenvalue weighted by Gasteiger charge is -2.24. The molecule has 0 bridgehead atoms. The third kappa shape index (κ3) is 3.15. The molecular weight excluding hydrogens is 158 g/mol. The summed E-state index contributed by atoms with van der Waals surface area (Å²) in [6, 6.07) is 0.586. The summed E-state index contributed by atoms with van der Waals surface area (Å²) in [6.07, 6.45) is 6.85. The first kappa shape index (κ1) is 10.8. The topological polar surface area (TPSA) is 12.0 Å². The Hall–Kier alpha value is -0.300. The van der Waals surface area contributed by atoms with Crippen LogP contribution in [0.3, 0.4) is 0 Å². The summed E-state index contributed by atoms with van der Waals surface area (Å²) in [5, 5.41) is 3.61. The molecule has 1 nitrogen and oxygen atoms in total. The van der Waals surface area contributed by atoms with Crippen molar-refractivity contribution >= 4 is 0 Å². The van der Waals surface area contributed by atoms with Gasteiger partial charge in [0.05, 0.1) is 0 Å². The van der Waals surface area contributed by atoms with E-state index >= 15 is 0 Å². The fourth-order valence-electron chi connectivity index (χ4n) is 2.33. The number of rotatable bonds is 5. The van der Waals surface area contributed by atoms with E-state index in [9.17, 15) is 0 Å². The van der Waals surface area contributed by atoms with Gasteiger partial charge in [0.1, 0.15) is 0 Å². The fourth-order valence-corrected chi connectivity index (χ4v) is 2.33. The van der Waals surface area contributed by atoms with Gasteiger partial charge < -0.3 is 5.32 Å². The molecule has 1 fully saturated rings. The zero-order valence-electron chi connectivity index (χ0n) is 9.10. The molecule has 1 unspecified atom stereocenters. The van der Waals surface area contributed by atoms with Crippen molar-refractivity contribution in [2.75, 3.05) is 6.54 Å². The molecule has 0 aliphatic heterocycles. The second kappa shape index (κ2) is 5.43. The standard InChI is InChI=1S/C12H23N/c1-4-9-13-12(10(2)3)11-7-5-6-8-11/h11-13H,2,4-9H2,1,3H3. The van der Waals surface area contributed by atoms with Gasteiger partial charge in [-0.25, -0.2) is 0 Å². The quantitative estimate of drug-likeness (QED) is 0.643. The Kier molecular flexibility index (Phi) is 4.51. The minimum absolute atomic E-state index is 0.586. The van der Waals surface area contributed by atoms with Crippen molar-refractivity contribution in [3.63, 3.8) is 0 Å². The maximum atomic E-state index is 4.09. The predicted octanol–water partition coefficient (Wildman–Crippen LogP) is 3.12. The van der Waals surface area contributed by atoms with E-state index in [0.717, 1.165) is 12.5 Å². The average molecular weight is 181 g/mol. The van der Waals surface area contributed by atoms with Crippen LogP contribution in [0.15, 0.2) is 12.2 Å². The summed E-state index contributed by atoms with van der Waals surface area (Å²) in [4.78, 5) is 0. The smallest absolute Gasteiger partial charge is 0.0302 e. The monoisotopic (exact) mass is 181 g/mol. The van der Waals surface area contributed by atoms with E-state index in [1.165, 1.54) is 37.7 Å². The first-order valence-corrected chi connectivity index (χ1v) is 5.64. The van der Waals surface area contributed by atoms with Crippen molar-refractivity contribution in [1.82, 2.24) is 5.32 Å². The molecule has 0 radical (unpaired) electrons. The largest absolute Gasteiger partial charge is 0.310 e. The SMILES string of the molecule is C=C(C)C(NCCC)C1CCCC1. The summed E-state index contributed by atoms with van der Waals surface area (Å²) < 4.78 is 0. The molecule has 0 saturated heterocycles. The lowest BCUT2D eigenvalue weighted by Crippen LogP contribution is -2.36. The lowest BCUT2D eigenvalue weighted by molar-refractivity contribution is 0.400. The molecule has 1 aliphatic carbocycles. The molecule has 1 atom stereocenters. The van der Waals surface area contributed by atoms with Crippen LogP contribution in [0.1, 0.15) is 46.0 Å². The molecule has 76 valence electrons. The number of hydrogen-bond donors (Lipinski definition) is 1. The Balaban J connectivity index is 2.40. The third-order valence-corrected chi connectivity index (χ3v) is 3.02. The highest BCUT2D eigenvalue weighted by atomic mass is 14.9. The predicted molar refractivity (Wildman–Crippen MR) is 58.9 cm³/mol. The highest BCUT2D eigenvalue weighted by Gasteiger charge is 2.24. The zero-order valence-corrected chi connectivity index (χ0v) is 9.10. The Morgan fingerprint density at radius 2 is 2.08 bits per heavy atom. The van der Waals surface area contributed by atoms with Crippen LogP contribution in [0.2, 0.25) is 0 Å². The molecule has 0 aromatic carbocycles. The van der Waals surface area contributed by atoms with Crippen LogP contribution in [-0.4, -0.2) is 12.6 Å². The van der Waals surface area contributed by atoms with Gasteiger partial charge in [-0.2, -0.15) is 0 Å². The van der Waals surface area contributed by atoms with Crippen LogP contribution in [0, 0.1) is 5.92 Å². The summed E-state index contributed by atoms with van der Waals surface area (Å²) in [7, 11) is 0. The van der Waals surface area contributed by atoms with Crippen LogP contribution in [0.25, 0.3) is 0 Å². The van der Waals surface area contributed by atoms with Gasteiger partial charge >= 0.3 is 0 Å². The van der Waals surface area contributed by atoms with Crippen molar-refractivity contribution in [2.24, 2.45) is 5.92 Å². The van der Waals surface area contributed by atoms with Gasteiger partial charge in [0.25, 0.3) is 0 Å². The van der Waals surface area contributed by atoms with E-state index in [2.05, 4.69) is 25.7 Å². The van der Waals surface area contributed by atoms with Gasteiger partial charge in [-0.1, -0.05) is 31.9 Å². The first-order valence-electron chi connectivity index (χ1n) is 5.64. The van der Waals surface area contributed by atoms with Gasteiger partial charge in [-0.15, -0.1) is 0 Å². The molecule has 1 heteroatoms. The summed E-state index contributed by atoms with van der Waals surface area (Å²) in [5.41, 5.74) is 1.32. The average Bonchev–Trinajstić information content (AvgIpc) is 2.57. The first-order chi connectivity index (χ1) is 6.25. The molecule has 1 saturated carbocycles. The molecule has 1 rings (SSSR count). The van der Waals surface area contributed by atoms with Crippen molar-refractivity contribution in [3.8, 4) is 0 Å². The highest BCUT2D eigenvalue weighted by molar-refractivity contribution is 5.05. The van der Waals surface area contributed by atoms with Crippen molar-refractivity contribution < 1.29 is 0 Å². The van der Waals surface area contributed by atoms with Gasteiger partial charge in [0.2, 0.25) is 0 Å². The van der Waals surface area contributed by atoms with E-state index < -0.39 is 0 Å². The van der Waals surface area contributed by atoms with E-state index in [4.69, 9.17) is 0 Å².